The number of phenols is 2. The molecule has 2 aliphatic rings. The van der Waals surface area contributed by atoms with Gasteiger partial charge >= 0.3 is 0 Å². The van der Waals surface area contributed by atoms with Crippen LogP contribution < -0.4 is 0 Å². The van der Waals surface area contributed by atoms with Crippen LogP contribution in [0.15, 0.2) is 30.3 Å². The predicted molar refractivity (Wildman–Crippen MR) is 91.5 cm³/mol. The van der Waals surface area contributed by atoms with Crippen molar-refractivity contribution in [3.8, 4) is 11.5 Å². The van der Waals surface area contributed by atoms with E-state index in [0.29, 0.717) is 17.5 Å². The lowest BCUT2D eigenvalue weighted by Gasteiger charge is -2.32. The van der Waals surface area contributed by atoms with Gasteiger partial charge < -0.3 is 20.4 Å². The number of aliphatic hydroxyl groups is 2. The third-order valence-corrected chi connectivity index (χ3v) is 5.35. The van der Waals surface area contributed by atoms with Crippen LogP contribution in [0.5, 0.6) is 11.5 Å². The fourth-order valence-corrected chi connectivity index (χ4v) is 4.15. The molecule has 0 fully saturated rings. The van der Waals surface area contributed by atoms with Gasteiger partial charge in [0.25, 0.3) is 0 Å². The van der Waals surface area contributed by atoms with Gasteiger partial charge in [-0.15, -0.1) is 0 Å². The molecule has 0 bridgehead atoms. The second-order valence-electron chi connectivity index (χ2n) is 6.86. The number of carbonyl (C=O) groups is 2. The Bertz CT molecular complexity index is 932. The Kier molecular flexibility index (Phi) is 3.82. The largest absolute Gasteiger partial charge is 0.508 e. The molecule has 26 heavy (non-hydrogen) atoms. The Hall–Kier alpha value is -2.70. The van der Waals surface area contributed by atoms with E-state index < -0.39 is 12.2 Å². The van der Waals surface area contributed by atoms with E-state index >= 15 is 0 Å². The Morgan fingerprint density at radius 1 is 0.846 bits per heavy atom. The van der Waals surface area contributed by atoms with Crippen LogP contribution in [0.25, 0.3) is 0 Å². The van der Waals surface area contributed by atoms with Gasteiger partial charge in [-0.25, -0.2) is 0 Å². The van der Waals surface area contributed by atoms with Crippen LogP contribution in [0.1, 0.15) is 68.7 Å². The molecule has 4 N–H and O–H groups in total. The summed E-state index contributed by atoms with van der Waals surface area (Å²) in [6.45, 7) is 0. The molecular weight excluding hydrogens is 336 g/mol. The lowest BCUT2D eigenvalue weighted by atomic mass is 9.73. The van der Waals surface area contributed by atoms with Crippen molar-refractivity contribution in [1.82, 2.24) is 0 Å². The van der Waals surface area contributed by atoms with Crippen molar-refractivity contribution in [3.05, 3.63) is 58.1 Å². The number of aliphatic hydroxyl groups excluding tert-OH is 2. The quantitative estimate of drug-likeness (QED) is 0.624. The zero-order chi connectivity index (χ0) is 18.6. The van der Waals surface area contributed by atoms with Crippen LogP contribution in [0.2, 0.25) is 0 Å². The van der Waals surface area contributed by atoms with Crippen LogP contribution in [-0.2, 0) is 0 Å². The molecule has 0 saturated heterocycles. The number of hydrogen-bond acceptors (Lipinski definition) is 6. The third kappa shape index (κ3) is 2.34. The van der Waals surface area contributed by atoms with Crippen molar-refractivity contribution in [1.29, 1.82) is 0 Å². The monoisotopic (exact) mass is 354 g/mol. The summed E-state index contributed by atoms with van der Waals surface area (Å²) < 4.78 is 0. The van der Waals surface area contributed by atoms with Crippen LogP contribution >= 0.6 is 0 Å². The number of rotatable bonds is 1. The van der Waals surface area contributed by atoms with Crippen molar-refractivity contribution in [2.45, 2.75) is 37.4 Å². The molecule has 6 heteroatoms. The van der Waals surface area contributed by atoms with Gasteiger partial charge in [-0.3, -0.25) is 9.59 Å². The Morgan fingerprint density at radius 3 is 2.35 bits per heavy atom. The first-order chi connectivity index (χ1) is 12.4. The molecule has 0 amide bonds. The van der Waals surface area contributed by atoms with Gasteiger partial charge in [0, 0.05) is 29.9 Å². The molecular formula is C20H18O6. The highest BCUT2D eigenvalue weighted by atomic mass is 16.3. The van der Waals surface area contributed by atoms with Crippen molar-refractivity contribution in [3.63, 3.8) is 0 Å². The smallest absolute Gasteiger partial charge is 0.166 e. The number of Topliss-reactive ketones (excluding diaryl/α,β-unsaturated/α-hetero) is 2. The first-order valence-corrected chi connectivity index (χ1v) is 8.50. The van der Waals surface area contributed by atoms with Crippen LogP contribution in [-0.4, -0.2) is 38.1 Å². The second kappa shape index (κ2) is 5.93. The van der Waals surface area contributed by atoms with Gasteiger partial charge in [-0.05, 0) is 29.7 Å². The Balaban J connectivity index is 1.94. The Morgan fingerprint density at radius 2 is 1.58 bits per heavy atom. The van der Waals surface area contributed by atoms with Gasteiger partial charge in [0.1, 0.15) is 17.6 Å². The molecule has 0 heterocycles. The minimum Gasteiger partial charge on any atom is -0.508 e. The lowest BCUT2D eigenvalue weighted by molar-refractivity contribution is 0.00726. The van der Waals surface area contributed by atoms with E-state index in [9.17, 15) is 30.0 Å². The Labute approximate surface area is 149 Å². The van der Waals surface area contributed by atoms with Gasteiger partial charge in [0.05, 0.1) is 11.7 Å². The molecule has 134 valence electrons. The molecule has 0 spiro atoms. The molecule has 6 nitrogen and oxygen atoms in total. The van der Waals surface area contributed by atoms with Crippen molar-refractivity contribution >= 4 is 11.6 Å². The average Bonchev–Trinajstić information content (AvgIpc) is 2.60. The minimum absolute atomic E-state index is 0.0323. The number of carbonyl (C=O) groups excluding carboxylic acids is 2. The highest BCUT2D eigenvalue weighted by Crippen LogP contribution is 2.45. The number of benzene rings is 2. The highest BCUT2D eigenvalue weighted by molar-refractivity contribution is 6.03. The highest BCUT2D eigenvalue weighted by Gasteiger charge is 2.38. The molecule has 0 aromatic heterocycles. The number of hydrogen-bond donors (Lipinski definition) is 4. The molecule has 0 unspecified atom stereocenters. The SMILES string of the molecule is O=C1CC[C@H](c2ccc(O)c3c2C(=O)C[C@H](O)[C@@H]3O)c2cccc(O)c21. The summed E-state index contributed by atoms with van der Waals surface area (Å²) in [4.78, 5) is 24.8. The van der Waals surface area contributed by atoms with Crippen molar-refractivity contribution in [2.75, 3.05) is 0 Å². The van der Waals surface area contributed by atoms with Gasteiger partial charge in [-0.2, -0.15) is 0 Å². The maximum Gasteiger partial charge on any atom is 0.166 e. The fraction of sp³-hybridized carbons (Fsp3) is 0.300. The summed E-state index contributed by atoms with van der Waals surface area (Å²) >= 11 is 0. The molecule has 0 radical (unpaired) electrons. The average molecular weight is 354 g/mol. The molecule has 4 rings (SSSR count). The van der Waals surface area contributed by atoms with E-state index in [2.05, 4.69) is 0 Å². The van der Waals surface area contributed by atoms with Gasteiger partial charge in [0.15, 0.2) is 11.6 Å². The number of phenolic OH excluding ortho intramolecular Hbond substituents is 2. The second-order valence-corrected chi connectivity index (χ2v) is 6.86. The first-order valence-electron chi connectivity index (χ1n) is 8.50. The van der Waals surface area contributed by atoms with Crippen molar-refractivity contribution < 1.29 is 30.0 Å². The zero-order valence-electron chi connectivity index (χ0n) is 13.8. The summed E-state index contributed by atoms with van der Waals surface area (Å²) in [6.07, 6.45) is -2.16. The maximum atomic E-state index is 12.6. The van der Waals surface area contributed by atoms with Crippen LogP contribution in [0.3, 0.4) is 0 Å². The zero-order valence-corrected chi connectivity index (χ0v) is 13.8. The van der Waals surface area contributed by atoms with Gasteiger partial charge in [0.2, 0.25) is 0 Å². The standard InChI is InChI=1S/C20H18O6/c21-12-3-1-2-10-9(4-6-13(22)17(10)12)11-5-7-14(23)19-18(11)15(24)8-16(25)20(19)26/h1-3,5,7,9,16,20-21,23,25-26H,4,6,8H2/t9-,16-,20-/m0/s1. The summed E-state index contributed by atoms with van der Waals surface area (Å²) in [7, 11) is 0. The summed E-state index contributed by atoms with van der Waals surface area (Å²) in [5, 5.41) is 40.4. The van der Waals surface area contributed by atoms with E-state index in [1.165, 1.54) is 12.1 Å². The minimum atomic E-state index is -1.35. The number of ketones is 2. The lowest BCUT2D eigenvalue weighted by Crippen LogP contribution is -2.31. The van der Waals surface area contributed by atoms with E-state index in [4.69, 9.17) is 0 Å². The van der Waals surface area contributed by atoms with E-state index in [0.717, 1.165) is 0 Å². The summed E-state index contributed by atoms with van der Waals surface area (Å²) in [5.74, 6) is -1.17. The topological polar surface area (TPSA) is 115 Å². The van der Waals surface area contributed by atoms with Crippen molar-refractivity contribution in [2.24, 2.45) is 0 Å². The number of aromatic hydroxyl groups is 2. The molecule has 2 aromatic rings. The van der Waals surface area contributed by atoms with Crippen LogP contribution in [0, 0.1) is 0 Å². The first kappa shape index (κ1) is 16.8. The van der Waals surface area contributed by atoms with E-state index in [-0.39, 0.29) is 58.5 Å². The number of fused-ring (bicyclic) bond motifs is 2. The molecule has 2 aliphatic carbocycles. The molecule has 0 aliphatic heterocycles. The summed E-state index contributed by atoms with van der Waals surface area (Å²) in [6, 6.07) is 7.85. The van der Waals surface area contributed by atoms with E-state index in [1.807, 2.05) is 0 Å². The fourth-order valence-electron chi connectivity index (χ4n) is 4.15. The molecule has 0 saturated carbocycles. The van der Waals surface area contributed by atoms with Crippen LogP contribution in [0.4, 0.5) is 0 Å². The maximum absolute atomic E-state index is 12.6. The van der Waals surface area contributed by atoms with Gasteiger partial charge in [-0.1, -0.05) is 18.2 Å². The third-order valence-electron chi connectivity index (χ3n) is 5.35. The predicted octanol–water partition coefficient (Wildman–Crippen LogP) is 2.19. The molecule has 2 aromatic carbocycles. The molecule has 3 atom stereocenters. The van der Waals surface area contributed by atoms with E-state index in [1.54, 1.807) is 18.2 Å². The normalized spacial score (nSPS) is 24.9. The summed E-state index contributed by atoms with van der Waals surface area (Å²) in [5.41, 5.74) is 1.71.